The van der Waals surface area contributed by atoms with E-state index in [2.05, 4.69) is 5.32 Å². The molecule has 19 heavy (non-hydrogen) atoms. The van der Waals surface area contributed by atoms with E-state index in [9.17, 15) is 8.78 Å². The van der Waals surface area contributed by atoms with Gasteiger partial charge in [0.2, 0.25) is 0 Å². The van der Waals surface area contributed by atoms with E-state index in [4.69, 9.17) is 16.9 Å². The fourth-order valence-corrected chi connectivity index (χ4v) is 1.90. The lowest BCUT2D eigenvalue weighted by Gasteiger charge is -2.11. The van der Waals surface area contributed by atoms with Crippen LogP contribution < -0.4 is 5.32 Å². The van der Waals surface area contributed by atoms with E-state index in [0.29, 0.717) is 11.3 Å². The lowest BCUT2D eigenvalue weighted by atomic mass is 10.1. The van der Waals surface area contributed by atoms with Crippen molar-refractivity contribution < 1.29 is 8.78 Å². The second-order valence-corrected chi connectivity index (χ2v) is 4.44. The van der Waals surface area contributed by atoms with Crippen molar-refractivity contribution in [3.63, 3.8) is 0 Å². The number of benzene rings is 2. The highest BCUT2D eigenvalue weighted by Gasteiger charge is 2.12. The van der Waals surface area contributed by atoms with Crippen LogP contribution in [-0.4, -0.2) is 0 Å². The van der Waals surface area contributed by atoms with E-state index in [1.807, 2.05) is 13.0 Å². The molecular formula is C14H9ClF2N2. The molecule has 0 aliphatic rings. The van der Waals surface area contributed by atoms with Gasteiger partial charge in [-0.3, -0.25) is 0 Å². The average Bonchev–Trinajstić information content (AvgIpc) is 2.34. The summed E-state index contributed by atoms with van der Waals surface area (Å²) in [6.07, 6.45) is 0. The van der Waals surface area contributed by atoms with Gasteiger partial charge in [-0.25, -0.2) is 8.78 Å². The molecule has 5 heteroatoms. The monoisotopic (exact) mass is 278 g/mol. The molecule has 0 bridgehead atoms. The summed E-state index contributed by atoms with van der Waals surface area (Å²) in [5.41, 5.74) is 1.63. The first-order valence-corrected chi connectivity index (χ1v) is 5.81. The van der Waals surface area contributed by atoms with Gasteiger partial charge >= 0.3 is 0 Å². The Morgan fingerprint density at radius 1 is 1.21 bits per heavy atom. The van der Waals surface area contributed by atoms with Crippen molar-refractivity contribution in [2.24, 2.45) is 0 Å². The quantitative estimate of drug-likeness (QED) is 0.875. The maximum Gasteiger partial charge on any atom is 0.151 e. The summed E-state index contributed by atoms with van der Waals surface area (Å²) in [7, 11) is 0. The molecule has 0 fully saturated rings. The molecule has 0 amide bonds. The highest BCUT2D eigenvalue weighted by Crippen LogP contribution is 2.31. The van der Waals surface area contributed by atoms with Crippen LogP contribution in [-0.2, 0) is 0 Å². The minimum Gasteiger partial charge on any atom is -0.351 e. The van der Waals surface area contributed by atoms with Crippen LogP contribution in [0.15, 0.2) is 30.3 Å². The molecule has 1 N–H and O–H groups in total. The van der Waals surface area contributed by atoms with Crippen molar-refractivity contribution in [1.82, 2.24) is 0 Å². The smallest absolute Gasteiger partial charge is 0.151 e. The van der Waals surface area contributed by atoms with E-state index >= 15 is 0 Å². The Bertz CT molecular complexity index is 655. The summed E-state index contributed by atoms with van der Waals surface area (Å²) in [5.74, 6) is -1.56. The van der Waals surface area contributed by atoms with Gasteiger partial charge in [0, 0.05) is 6.07 Å². The Kier molecular flexibility index (Phi) is 3.68. The summed E-state index contributed by atoms with van der Waals surface area (Å²) >= 11 is 5.79. The van der Waals surface area contributed by atoms with Crippen molar-refractivity contribution in [1.29, 1.82) is 5.26 Å². The third-order valence-electron chi connectivity index (χ3n) is 2.56. The first kappa shape index (κ1) is 13.3. The summed E-state index contributed by atoms with van der Waals surface area (Å²) in [5, 5.41) is 11.6. The molecule has 0 spiro atoms. The van der Waals surface area contributed by atoms with E-state index in [1.54, 1.807) is 18.2 Å². The number of halogens is 3. The number of nitriles is 1. The molecule has 2 rings (SSSR count). The van der Waals surface area contributed by atoms with Gasteiger partial charge in [0.1, 0.15) is 11.9 Å². The van der Waals surface area contributed by atoms with E-state index in [-0.39, 0.29) is 10.7 Å². The Balaban J connectivity index is 2.48. The molecule has 0 aromatic heterocycles. The first-order chi connectivity index (χ1) is 9.01. The third-order valence-corrected chi connectivity index (χ3v) is 2.86. The lowest BCUT2D eigenvalue weighted by Crippen LogP contribution is -1.98. The lowest BCUT2D eigenvalue weighted by molar-refractivity contribution is 0.586. The Hall–Kier alpha value is -2.12. The van der Waals surface area contributed by atoms with Crippen LogP contribution in [0.3, 0.4) is 0 Å². The maximum absolute atomic E-state index is 13.7. The summed E-state index contributed by atoms with van der Waals surface area (Å²) < 4.78 is 26.6. The molecule has 2 aromatic rings. The standard InChI is InChI=1S/C14H9ClF2N2/c1-8-2-3-9(7-18)13(4-8)19-14-11(15)5-10(16)6-12(14)17/h2-6,19H,1H3. The van der Waals surface area contributed by atoms with E-state index in [1.165, 1.54) is 0 Å². The van der Waals surface area contributed by atoms with Crippen molar-refractivity contribution >= 4 is 23.0 Å². The molecule has 0 saturated heterocycles. The molecule has 2 nitrogen and oxygen atoms in total. The molecule has 0 unspecified atom stereocenters. The maximum atomic E-state index is 13.7. The number of nitrogens with zero attached hydrogens (tertiary/aromatic N) is 1. The minimum absolute atomic E-state index is 0.0508. The third kappa shape index (κ3) is 2.83. The van der Waals surface area contributed by atoms with Crippen molar-refractivity contribution in [2.45, 2.75) is 6.92 Å². The van der Waals surface area contributed by atoms with E-state index < -0.39 is 11.6 Å². The summed E-state index contributed by atoms with van der Waals surface area (Å²) in [4.78, 5) is 0. The van der Waals surface area contributed by atoms with Gasteiger partial charge in [0.25, 0.3) is 0 Å². The van der Waals surface area contributed by atoms with Crippen LogP contribution >= 0.6 is 11.6 Å². The highest BCUT2D eigenvalue weighted by atomic mass is 35.5. The van der Waals surface area contributed by atoms with Gasteiger partial charge in [0.15, 0.2) is 5.82 Å². The van der Waals surface area contributed by atoms with Gasteiger partial charge < -0.3 is 5.32 Å². The number of hydrogen-bond donors (Lipinski definition) is 1. The van der Waals surface area contributed by atoms with Gasteiger partial charge in [-0.15, -0.1) is 0 Å². The Morgan fingerprint density at radius 2 is 1.95 bits per heavy atom. The van der Waals surface area contributed by atoms with Gasteiger partial charge in [-0.2, -0.15) is 5.26 Å². The number of aryl methyl sites for hydroxylation is 1. The van der Waals surface area contributed by atoms with Gasteiger partial charge in [0.05, 0.1) is 22.0 Å². The molecule has 0 aliphatic carbocycles. The normalized spacial score (nSPS) is 10.1. The highest BCUT2D eigenvalue weighted by molar-refractivity contribution is 6.33. The van der Waals surface area contributed by atoms with Crippen LogP contribution in [0.4, 0.5) is 20.2 Å². The first-order valence-electron chi connectivity index (χ1n) is 5.43. The van der Waals surface area contributed by atoms with Crippen LogP contribution in [0.25, 0.3) is 0 Å². The number of anilines is 2. The van der Waals surface area contributed by atoms with Crippen molar-refractivity contribution in [2.75, 3.05) is 5.32 Å². The molecule has 96 valence electrons. The zero-order chi connectivity index (χ0) is 14.0. The SMILES string of the molecule is Cc1ccc(C#N)c(Nc2c(F)cc(F)cc2Cl)c1. The Labute approximate surface area is 114 Å². The predicted octanol–water partition coefficient (Wildman–Crippen LogP) is 4.54. The molecule has 0 atom stereocenters. The fourth-order valence-electron chi connectivity index (χ4n) is 1.66. The number of nitrogens with one attached hydrogen (secondary N) is 1. The zero-order valence-electron chi connectivity index (χ0n) is 9.97. The molecule has 0 aliphatic heterocycles. The van der Waals surface area contributed by atoms with Gasteiger partial charge in [-0.05, 0) is 30.7 Å². The van der Waals surface area contributed by atoms with Crippen LogP contribution in [0.5, 0.6) is 0 Å². The second kappa shape index (κ2) is 5.25. The van der Waals surface area contributed by atoms with Crippen LogP contribution in [0.1, 0.15) is 11.1 Å². The number of hydrogen-bond acceptors (Lipinski definition) is 2. The molecule has 0 radical (unpaired) electrons. The van der Waals surface area contributed by atoms with Gasteiger partial charge in [-0.1, -0.05) is 17.7 Å². The zero-order valence-corrected chi connectivity index (χ0v) is 10.7. The Morgan fingerprint density at radius 3 is 2.58 bits per heavy atom. The second-order valence-electron chi connectivity index (χ2n) is 4.03. The van der Waals surface area contributed by atoms with Crippen molar-refractivity contribution in [3.8, 4) is 6.07 Å². The predicted molar refractivity (Wildman–Crippen MR) is 70.5 cm³/mol. The van der Waals surface area contributed by atoms with Crippen LogP contribution in [0.2, 0.25) is 5.02 Å². The number of rotatable bonds is 2. The van der Waals surface area contributed by atoms with Crippen LogP contribution in [0, 0.1) is 29.9 Å². The molecule has 0 saturated carbocycles. The topological polar surface area (TPSA) is 35.8 Å². The molecule has 0 heterocycles. The largest absolute Gasteiger partial charge is 0.351 e. The fraction of sp³-hybridized carbons (Fsp3) is 0.0714. The molecular weight excluding hydrogens is 270 g/mol. The summed E-state index contributed by atoms with van der Waals surface area (Å²) in [6.45, 7) is 1.84. The molecule has 2 aromatic carbocycles. The summed E-state index contributed by atoms with van der Waals surface area (Å²) in [6, 6.07) is 8.81. The minimum atomic E-state index is -0.810. The van der Waals surface area contributed by atoms with Crippen molar-refractivity contribution in [3.05, 3.63) is 58.1 Å². The average molecular weight is 279 g/mol. The van der Waals surface area contributed by atoms with E-state index in [0.717, 1.165) is 17.7 Å².